The monoisotopic (exact) mass is 323 g/mol. The van der Waals surface area contributed by atoms with E-state index >= 15 is 0 Å². The topological polar surface area (TPSA) is 85.3 Å². The number of amides is 1. The van der Waals surface area contributed by atoms with Gasteiger partial charge in [0.2, 0.25) is 0 Å². The van der Waals surface area contributed by atoms with E-state index in [1.54, 1.807) is 32.9 Å². The molecule has 0 saturated carbocycles. The standard InChI is InChI=1S/C16H21NO6/c1-16(2,3)23-15(20)17-11-6-9(21-4)7-13(22-5)10(11)8-12(17)14(18)19/h6-7,12H,8H2,1-5H3,(H,18,19). The zero-order valence-electron chi connectivity index (χ0n) is 13.9. The maximum absolute atomic E-state index is 12.5. The second-order valence-electron chi connectivity index (χ2n) is 6.24. The maximum atomic E-state index is 12.5. The van der Waals surface area contributed by atoms with E-state index in [2.05, 4.69) is 0 Å². The Morgan fingerprint density at radius 3 is 2.35 bits per heavy atom. The minimum Gasteiger partial charge on any atom is -0.497 e. The molecule has 1 amide bonds. The molecule has 7 heteroatoms. The van der Waals surface area contributed by atoms with Gasteiger partial charge in [0.05, 0.1) is 19.9 Å². The molecule has 1 N–H and O–H groups in total. The first-order valence-corrected chi connectivity index (χ1v) is 7.18. The van der Waals surface area contributed by atoms with Crippen LogP contribution in [0.15, 0.2) is 12.1 Å². The molecule has 0 aromatic heterocycles. The lowest BCUT2D eigenvalue weighted by Gasteiger charge is -2.27. The van der Waals surface area contributed by atoms with Gasteiger partial charge >= 0.3 is 12.1 Å². The fourth-order valence-corrected chi connectivity index (χ4v) is 2.51. The SMILES string of the molecule is COc1cc(OC)c2c(c1)N(C(=O)OC(C)(C)C)C(C(=O)O)C2. The van der Waals surface area contributed by atoms with Crippen molar-refractivity contribution in [1.29, 1.82) is 0 Å². The number of carboxylic acids is 1. The van der Waals surface area contributed by atoms with Crippen molar-refractivity contribution < 1.29 is 28.9 Å². The van der Waals surface area contributed by atoms with Crippen molar-refractivity contribution in [2.75, 3.05) is 19.1 Å². The van der Waals surface area contributed by atoms with Crippen molar-refractivity contribution in [2.45, 2.75) is 38.8 Å². The number of rotatable bonds is 3. The molecule has 1 aliphatic heterocycles. The van der Waals surface area contributed by atoms with E-state index in [4.69, 9.17) is 14.2 Å². The van der Waals surface area contributed by atoms with E-state index in [9.17, 15) is 14.7 Å². The molecule has 1 aromatic carbocycles. The van der Waals surface area contributed by atoms with Gasteiger partial charge in [-0.1, -0.05) is 0 Å². The lowest BCUT2D eigenvalue weighted by Crippen LogP contribution is -2.45. The van der Waals surface area contributed by atoms with Crippen LogP contribution in [0.2, 0.25) is 0 Å². The van der Waals surface area contributed by atoms with Gasteiger partial charge in [-0.3, -0.25) is 4.90 Å². The van der Waals surface area contributed by atoms with Crippen molar-refractivity contribution in [3.63, 3.8) is 0 Å². The Balaban J connectivity index is 2.52. The summed E-state index contributed by atoms with van der Waals surface area (Å²) in [5.41, 5.74) is 0.348. The third-order valence-corrected chi connectivity index (χ3v) is 3.46. The summed E-state index contributed by atoms with van der Waals surface area (Å²) in [5.74, 6) is -0.148. The van der Waals surface area contributed by atoms with Gasteiger partial charge in [-0.2, -0.15) is 0 Å². The van der Waals surface area contributed by atoms with Crippen LogP contribution in [0.3, 0.4) is 0 Å². The number of aliphatic carboxylic acids is 1. The number of hydrogen-bond donors (Lipinski definition) is 1. The van der Waals surface area contributed by atoms with Crippen LogP contribution in [0.25, 0.3) is 0 Å². The summed E-state index contributed by atoms with van der Waals surface area (Å²) in [7, 11) is 2.98. The van der Waals surface area contributed by atoms with Crippen molar-refractivity contribution >= 4 is 17.7 Å². The number of hydrogen-bond acceptors (Lipinski definition) is 5. The summed E-state index contributed by atoms with van der Waals surface area (Å²) in [6, 6.07) is 2.24. The average Bonchev–Trinajstić information content (AvgIpc) is 2.83. The fraction of sp³-hybridized carbons (Fsp3) is 0.500. The lowest BCUT2D eigenvalue weighted by atomic mass is 10.1. The molecule has 1 heterocycles. The zero-order valence-corrected chi connectivity index (χ0v) is 13.9. The molecule has 0 saturated heterocycles. The summed E-state index contributed by atoms with van der Waals surface area (Å²) < 4.78 is 15.9. The Labute approximate surface area is 134 Å². The van der Waals surface area contributed by atoms with E-state index in [-0.39, 0.29) is 6.42 Å². The van der Waals surface area contributed by atoms with Crippen molar-refractivity contribution in [3.8, 4) is 11.5 Å². The number of methoxy groups -OCH3 is 2. The van der Waals surface area contributed by atoms with Gasteiger partial charge in [0.25, 0.3) is 0 Å². The van der Waals surface area contributed by atoms with Crippen LogP contribution >= 0.6 is 0 Å². The van der Waals surface area contributed by atoms with Gasteiger partial charge in [-0.05, 0) is 20.8 Å². The average molecular weight is 323 g/mol. The van der Waals surface area contributed by atoms with Crippen LogP contribution in [0, 0.1) is 0 Å². The molecule has 0 spiro atoms. The molecular weight excluding hydrogens is 302 g/mol. The number of anilines is 1. The molecule has 1 unspecified atom stereocenters. The Morgan fingerprint density at radius 2 is 1.87 bits per heavy atom. The Hall–Kier alpha value is -2.44. The summed E-state index contributed by atoms with van der Waals surface area (Å²) in [6.45, 7) is 5.18. The number of carboxylic acid groups (broad SMARTS) is 1. The first-order valence-electron chi connectivity index (χ1n) is 7.18. The summed E-state index contributed by atoms with van der Waals surface area (Å²) in [6.07, 6.45) is -0.559. The van der Waals surface area contributed by atoms with Crippen molar-refractivity contribution in [2.24, 2.45) is 0 Å². The number of ether oxygens (including phenoxy) is 3. The number of fused-ring (bicyclic) bond motifs is 1. The van der Waals surface area contributed by atoms with Crippen LogP contribution in [-0.2, 0) is 16.0 Å². The lowest BCUT2D eigenvalue weighted by molar-refractivity contribution is -0.138. The van der Waals surface area contributed by atoms with E-state index in [1.807, 2.05) is 0 Å². The number of carbonyl (C=O) groups excluding carboxylic acids is 1. The Morgan fingerprint density at radius 1 is 1.22 bits per heavy atom. The van der Waals surface area contributed by atoms with Crippen LogP contribution in [0.1, 0.15) is 26.3 Å². The van der Waals surface area contributed by atoms with E-state index in [1.165, 1.54) is 14.2 Å². The normalized spacial score (nSPS) is 16.7. The van der Waals surface area contributed by atoms with Crippen LogP contribution in [0.4, 0.5) is 10.5 Å². The Bertz CT molecular complexity index is 634. The first-order chi connectivity index (χ1) is 10.7. The van der Waals surface area contributed by atoms with Crippen molar-refractivity contribution in [3.05, 3.63) is 17.7 Å². The molecule has 0 aliphatic carbocycles. The molecule has 2 rings (SSSR count). The highest BCUT2D eigenvalue weighted by Gasteiger charge is 2.42. The highest BCUT2D eigenvalue weighted by molar-refractivity contribution is 5.99. The van der Waals surface area contributed by atoms with Gasteiger partial charge in [-0.15, -0.1) is 0 Å². The number of benzene rings is 1. The molecule has 0 radical (unpaired) electrons. The van der Waals surface area contributed by atoms with Gasteiger partial charge in [0, 0.05) is 24.1 Å². The third-order valence-electron chi connectivity index (χ3n) is 3.46. The minimum atomic E-state index is -1.10. The highest BCUT2D eigenvalue weighted by Crippen LogP contribution is 2.42. The molecule has 1 atom stereocenters. The quantitative estimate of drug-likeness (QED) is 0.919. The van der Waals surface area contributed by atoms with Gasteiger partial charge < -0.3 is 19.3 Å². The molecule has 1 aliphatic rings. The zero-order chi connectivity index (χ0) is 17.4. The fourth-order valence-electron chi connectivity index (χ4n) is 2.51. The van der Waals surface area contributed by atoms with Gasteiger partial charge in [-0.25, -0.2) is 9.59 Å². The minimum absolute atomic E-state index is 0.150. The van der Waals surface area contributed by atoms with E-state index in [0.717, 1.165) is 4.90 Å². The second kappa shape index (κ2) is 5.98. The molecule has 126 valence electrons. The molecule has 0 fully saturated rings. The van der Waals surface area contributed by atoms with Gasteiger partial charge in [0.15, 0.2) is 0 Å². The Kier molecular flexibility index (Phi) is 4.40. The number of carbonyl (C=O) groups is 2. The van der Waals surface area contributed by atoms with Crippen LogP contribution in [-0.4, -0.2) is 43.0 Å². The summed E-state index contributed by atoms with van der Waals surface area (Å²) in [5, 5.41) is 9.47. The highest BCUT2D eigenvalue weighted by atomic mass is 16.6. The molecule has 0 bridgehead atoms. The predicted molar refractivity (Wildman–Crippen MR) is 83.4 cm³/mol. The summed E-state index contributed by atoms with van der Waals surface area (Å²) in [4.78, 5) is 25.2. The third kappa shape index (κ3) is 3.33. The second-order valence-corrected chi connectivity index (χ2v) is 6.24. The smallest absolute Gasteiger partial charge is 0.415 e. The van der Waals surface area contributed by atoms with Crippen LogP contribution < -0.4 is 14.4 Å². The van der Waals surface area contributed by atoms with Crippen LogP contribution in [0.5, 0.6) is 11.5 Å². The maximum Gasteiger partial charge on any atom is 0.415 e. The van der Waals surface area contributed by atoms with E-state index < -0.39 is 23.7 Å². The van der Waals surface area contributed by atoms with Crippen molar-refractivity contribution in [1.82, 2.24) is 0 Å². The predicted octanol–water partition coefficient (Wildman–Crippen LogP) is 2.45. The van der Waals surface area contributed by atoms with Gasteiger partial charge in [0.1, 0.15) is 23.1 Å². The first kappa shape index (κ1) is 16.9. The largest absolute Gasteiger partial charge is 0.497 e. The number of nitrogens with zero attached hydrogens (tertiary/aromatic N) is 1. The molecular formula is C16H21NO6. The molecule has 23 heavy (non-hydrogen) atoms. The summed E-state index contributed by atoms with van der Waals surface area (Å²) >= 11 is 0. The molecule has 7 nitrogen and oxygen atoms in total. The molecule has 1 aromatic rings. The van der Waals surface area contributed by atoms with E-state index in [0.29, 0.717) is 22.7 Å².